The molecular formula is C18H14N4O4. The van der Waals surface area contributed by atoms with E-state index in [1.54, 1.807) is 18.2 Å². The van der Waals surface area contributed by atoms with Crippen molar-refractivity contribution in [1.29, 1.82) is 0 Å². The number of hydrogen-bond donors (Lipinski definition) is 2. The van der Waals surface area contributed by atoms with Crippen molar-refractivity contribution in [3.63, 3.8) is 0 Å². The molecular weight excluding hydrogens is 336 g/mol. The van der Waals surface area contributed by atoms with Crippen LogP contribution in [0.1, 0.15) is 20.7 Å². The van der Waals surface area contributed by atoms with E-state index < -0.39 is 24.4 Å². The lowest BCUT2D eigenvalue weighted by Crippen LogP contribution is -2.21. The molecule has 8 heteroatoms. The van der Waals surface area contributed by atoms with Crippen LogP contribution in [0.4, 0.5) is 5.69 Å². The minimum atomic E-state index is -0.671. The molecule has 130 valence electrons. The third-order valence-electron chi connectivity index (χ3n) is 3.51. The molecule has 8 nitrogen and oxygen atoms in total. The number of nitrogens with two attached hydrogens (primary N) is 1. The molecule has 0 spiro atoms. The number of carbonyl (C=O) groups excluding carboxylic acids is 3. The predicted molar refractivity (Wildman–Crippen MR) is 93.4 cm³/mol. The number of esters is 1. The molecule has 2 aromatic carbocycles. The summed E-state index contributed by atoms with van der Waals surface area (Å²) in [4.78, 5) is 43.4. The van der Waals surface area contributed by atoms with Crippen LogP contribution in [0.3, 0.4) is 0 Å². The van der Waals surface area contributed by atoms with Crippen molar-refractivity contribution in [2.24, 2.45) is 5.73 Å². The number of carbonyl (C=O) groups is 3. The van der Waals surface area contributed by atoms with E-state index in [4.69, 9.17) is 10.5 Å². The van der Waals surface area contributed by atoms with Crippen molar-refractivity contribution in [2.45, 2.75) is 0 Å². The van der Waals surface area contributed by atoms with Crippen molar-refractivity contribution in [1.82, 2.24) is 9.97 Å². The van der Waals surface area contributed by atoms with Gasteiger partial charge in [-0.25, -0.2) is 4.79 Å². The number of amides is 2. The second-order valence-corrected chi connectivity index (χ2v) is 5.30. The van der Waals surface area contributed by atoms with Crippen LogP contribution in [-0.4, -0.2) is 34.4 Å². The van der Waals surface area contributed by atoms with E-state index in [1.807, 2.05) is 0 Å². The van der Waals surface area contributed by atoms with Crippen LogP contribution in [0.25, 0.3) is 11.0 Å². The number of rotatable bonds is 5. The van der Waals surface area contributed by atoms with Crippen LogP contribution in [0, 0.1) is 0 Å². The number of benzene rings is 2. The summed E-state index contributed by atoms with van der Waals surface area (Å²) in [6.07, 6.45) is 3.00. The molecule has 0 aliphatic carbocycles. The third kappa shape index (κ3) is 3.81. The van der Waals surface area contributed by atoms with E-state index in [1.165, 1.54) is 36.7 Å². The van der Waals surface area contributed by atoms with Gasteiger partial charge in [0, 0.05) is 23.6 Å². The number of aromatic nitrogens is 2. The van der Waals surface area contributed by atoms with Crippen molar-refractivity contribution in [2.75, 3.05) is 11.9 Å². The normalized spacial score (nSPS) is 10.3. The highest BCUT2D eigenvalue weighted by atomic mass is 16.5. The molecule has 2 amide bonds. The smallest absolute Gasteiger partial charge is 0.340 e. The second-order valence-electron chi connectivity index (χ2n) is 5.30. The first kappa shape index (κ1) is 17.0. The summed E-state index contributed by atoms with van der Waals surface area (Å²) < 4.78 is 5.04. The van der Waals surface area contributed by atoms with Gasteiger partial charge in [0.25, 0.3) is 5.91 Å². The van der Waals surface area contributed by atoms with Crippen LogP contribution in [0.15, 0.2) is 54.9 Å². The Bertz CT molecular complexity index is 981. The molecule has 3 aromatic rings. The van der Waals surface area contributed by atoms with Crippen LogP contribution >= 0.6 is 0 Å². The van der Waals surface area contributed by atoms with Gasteiger partial charge in [-0.2, -0.15) is 0 Å². The Morgan fingerprint density at radius 3 is 2.46 bits per heavy atom. The molecule has 0 aliphatic heterocycles. The molecule has 0 aliphatic rings. The molecule has 3 rings (SSSR count). The first-order valence-electron chi connectivity index (χ1n) is 7.61. The SMILES string of the molecule is NC(=O)c1ccc(NC(=O)COC(=O)c2cccc3nccnc23)cc1. The van der Waals surface area contributed by atoms with Gasteiger partial charge < -0.3 is 15.8 Å². The lowest BCUT2D eigenvalue weighted by Gasteiger charge is -2.08. The minimum absolute atomic E-state index is 0.231. The monoisotopic (exact) mass is 350 g/mol. The lowest BCUT2D eigenvalue weighted by molar-refractivity contribution is -0.119. The van der Waals surface area contributed by atoms with Crippen LogP contribution in [0.5, 0.6) is 0 Å². The van der Waals surface area contributed by atoms with E-state index in [0.717, 1.165) is 0 Å². The Morgan fingerprint density at radius 1 is 1.00 bits per heavy atom. The van der Waals surface area contributed by atoms with Crippen LogP contribution in [-0.2, 0) is 9.53 Å². The molecule has 0 saturated heterocycles. The lowest BCUT2D eigenvalue weighted by atomic mass is 10.2. The van der Waals surface area contributed by atoms with Crippen molar-refractivity contribution in [3.8, 4) is 0 Å². The fourth-order valence-corrected chi connectivity index (χ4v) is 2.28. The molecule has 0 bridgehead atoms. The van der Waals surface area contributed by atoms with Gasteiger partial charge in [-0.1, -0.05) is 6.07 Å². The van der Waals surface area contributed by atoms with Gasteiger partial charge in [0.2, 0.25) is 5.91 Å². The average molecular weight is 350 g/mol. The largest absolute Gasteiger partial charge is 0.452 e. The average Bonchev–Trinajstić information content (AvgIpc) is 2.66. The molecule has 26 heavy (non-hydrogen) atoms. The van der Waals surface area contributed by atoms with Gasteiger partial charge in [-0.05, 0) is 36.4 Å². The topological polar surface area (TPSA) is 124 Å². The molecule has 0 atom stereocenters. The number of ether oxygens (including phenoxy) is 1. The maximum Gasteiger partial charge on any atom is 0.340 e. The van der Waals surface area contributed by atoms with Gasteiger partial charge in [0.15, 0.2) is 6.61 Å². The molecule has 3 N–H and O–H groups in total. The summed E-state index contributed by atoms with van der Waals surface area (Å²) in [5.74, 6) is -1.75. The number of nitrogens with one attached hydrogen (secondary N) is 1. The van der Waals surface area contributed by atoms with Gasteiger partial charge in [-0.15, -0.1) is 0 Å². The first-order valence-corrected chi connectivity index (χ1v) is 7.61. The summed E-state index contributed by atoms with van der Waals surface area (Å²) >= 11 is 0. The summed E-state index contributed by atoms with van der Waals surface area (Å²) in [7, 11) is 0. The molecule has 0 unspecified atom stereocenters. The fraction of sp³-hybridized carbons (Fsp3) is 0.0556. The zero-order valence-electron chi connectivity index (χ0n) is 13.5. The van der Waals surface area contributed by atoms with E-state index >= 15 is 0 Å². The highest BCUT2D eigenvalue weighted by molar-refractivity contribution is 6.03. The van der Waals surface area contributed by atoms with E-state index in [0.29, 0.717) is 22.3 Å². The van der Waals surface area contributed by atoms with E-state index in [2.05, 4.69) is 15.3 Å². The standard InChI is InChI=1S/C18H14N4O4/c19-17(24)11-4-6-12(7-5-11)22-15(23)10-26-18(25)13-2-1-3-14-16(13)21-9-8-20-14/h1-9H,10H2,(H2,19,24)(H,22,23). The highest BCUT2D eigenvalue weighted by Crippen LogP contribution is 2.15. The van der Waals surface area contributed by atoms with E-state index in [9.17, 15) is 14.4 Å². The number of nitrogens with zero attached hydrogens (tertiary/aromatic N) is 2. The Labute approximate surface area is 148 Å². The van der Waals surface area contributed by atoms with Gasteiger partial charge in [0.05, 0.1) is 11.1 Å². The van der Waals surface area contributed by atoms with Gasteiger partial charge in [0.1, 0.15) is 5.52 Å². The van der Waals surface area contributed by atoms with Crippen LogP contribution < -0.4 is 11.1 Å². The fourth-order valence-electron chi connectivity index (χ4n) is 2.28. The summed E-state index contributed by atoms with van der Waals surface area (Å²) in [5, 5.41) is 2.56. The molecule has 0 fully saturated rings. The quantitative estimate of drug-likeness (QED) is 0.672. The maximum atomic E-state index is 12.2. The summed E-state index contributed by atoms with van der Waals surface area (Å²) in [5.41, 5.74) is 7.12. The Balaban J connectivity index is 1.62. The molecule has 0 saturated carbocycles. The molecule has 0 radical (unpaired) electrons. The van der Waals surface area contributed by atoms with E-state index in [-0.39, 0.29) is 5.56 Å². The number of hydrogen-bond acceptors (Lipinski definition) is 6. The zero-order valence-corrected chi connectivity index (χ0v) is 13.5. The Morgan fingerprint density at radius 2 is 1.73 bits per heavy atom. The third-order valence-corrected chi connectivity index (χ3v) is 3.51. The Hall–Kier alpha value is -3.81. The minimum Gasteiger partial charge on any atom is -0.452 e. The summed E-state index contributed by atoms with van der Waals surface area (Å²) in [6, 6.07) is 11.0. The number of primary amides is 1. The van der Waals surface area contributed by atoms with Crippen molar-refractivity contribution in [3.05, 3.63) is 66.0 Å². The summed E-state index contributed by atoms with van der Waals surface area (Å²) in [6.45, 7) is -0.465. The zero-order chi connectivity index (χ0) is 18.5. The highest BCUT2D eigenvalue weighted by Gasteiger charge is 2.14. The first-order chi connectivity index (χ1) is 12.5. The van der Waals surface area contributed by atoms with Crippen LogP contribution in [0.2, 0.25) is 0 Å². The predicted octanol–water partition coefficient (Wildman–Crippen LogP) is 1.52. The van der Waals surface area contributed by atoms with Crippen molar-refractivity contribution >= 4 is 34.5 Å². The number of para-hydroxylation sites is 1. The maximum absolute atomic E-state index is 12.2. The van der Waals surface area contributed by atoms with Crippen molar-refractivity contribution < 1.29 is 19.1 Å². The van der Waals surface area contributed by atoms with Gasteiger partial charge >= 0.3 is 5.97 Å². The number of fused-ring (bicyclic) bond motifs is 1. The van der Waals surface area contributed by atoms with Gasteiger partial charge in [-0.3, -0.25) is 19.6 Å². The molecule has 1 aromatic heterocycles. The number of anilines is 1. The Kier molecular flexibility index (Phi) is 4.84. The second kappa shape index (κ2) is 7.39. The molecule has 1 heterocycles.